The molecule has 2 aromatic rings. The van der Waals surface area contributed by atoms with Gasteiger partial charge >= 0.3 is 0 Å². The molecule has 0 aliphatic carbocycles. The molecule has 1 unspecified atom stereocenters. The van der Waals surface area contributed by atoms with Crippen LogP contribution in [0.2, 0.25) is 0 Å². The fourth-order valence-electron chi connectivity index (χ4n) is 3.63. The lowest BCUT2D eigenvalue weighted by atomic mass is 10.1. The topological polar surface area (TPSA) is 66.3 Å². The van der Waals surface area contributed by atoms with Gasteiger partial charge in [-0.25, -0.2) is 4.68 Å². The molecular weight excluding hydrogens is 292 g/mol. The molecule has 2 fully saturated rings. The molecule has 1 N–H and O–H groups in total. The van der Waals surface area contributed by atoms with Crippen LogP contribution in [0.15, 0.2) is 18.2 Å². The van der Waals surface area contributed by atoms with Gasteiger partial charge in [0.15, 0.2) is 0 Å². The molecule has 0 spiro atoms. The summed E-state index contributed by atoms with van der Waals surface area (Å²) in [5.74, 6) is 0.107. The number of nitrogens with one attached hydrogen (secondary N) is 1. The number of hydrogen-bond donors (Lipinski definition) is 1. The standard InChI is InChI=1S/C16H22N6O/c1-20-15-3-2-12(10-14(15)18-19-20)16(23)22-7-4-13(11-22)21-8-5-17-6-9-21/h2-3,10,13,17H,4-9,11H2,1H3. The van der Waals surface area contributed by atoms with Crippen LogP contribution < -0.4 is 5.32 Å². The average Bonchev–Trinajstić information content (AvgIpc) is 3.22. The second kappa shape index (κ2) is 5.90. The molecule has 1 atom stereocenters. The minimum absolute atomic E-state index is 0.107. The van der Waals surface area contributed by atoms with Gasteiger partial charge in [-0.1, -0.05) is 5.21 Å². The predicted octanol–water partition coefficient (Wildman–Crippen LogP) is 0.0880. The van der Waals surface area contributed by atoms with Crippen LogP contribution in [0.1, 0.15) is 16.8 Å². The molecule has 2 saturated heterocycles. The van der Waals surface area contributed by atoms with Crippen LogP contribution in [0.5, 0.6) is 0 Å². The zero-order chi connectivity index (χ0) is 15.8. The Morgan fingerprint density at radius 2 is 2.09 bits per heavy atom. The first-order valence-electron chi connectivity index (χ1n) is 8.26. The summed E-state index contributed by atoms with van der Waals surface area (Å²) >= 11 is 0. The summed E-state index contributed by atoms with van der Waals surface area (Å²) in [7, 11) is 1.86. The van der Waals surface area contributed by atoms with Crippen molar-refractivity contribution in [1.29, 1.82) is 0 Å². The molecule has 7 heteroatoms. The summed E-state index contributed by atoms with van der Waals surface area (Å²) in [5, 5.41) is 11.5. The third kappa shape index (κ3) is 2.70. The maximum Gasteiger partial charge on any atom is 0.253 e. The average molecular weight is 314 g/mol. The predicted molar refractivity (Wildman–Crippen MR) is 87.3 cm³/mol. The maximum atomic E-state index is 12.8. The van der Waals surface area contributed by atoms with Crippen molar-refractivity contribution in [2.45, 2.75) is 12.5 Å². The second-order valence-electron chi connectivity index (χ2n) is 6.40. The number of rotatable bonds is 2. The van der Waals surface area contributed by atoms with Gasteiger partial charge in [-0.3, -0.25) is 9.69 Å². The number of likely N-dealkylation sites (tertiary alicyclic amines) is 1. The molecule has 1 aromatic heterocycles. The Morgan fingerprint density at radius 3 is 2.91 bits per heavy atom. The molecule has 2 aliphatic heterocycles. The van der Waals surface area contributed by atoms with E-state index in [-0.39, 0.29) is 5.91 Å². The highest BCUT2D eigenvalue weighted by molar-refractivity contribution is 5.97. The van der Waals surface area contributed by atoms with Crippen LogP contribution in [0.4, 0.5) is 0 Å². The summed E-state index contributed by atoms with van der Waals surface area (Å²) in [6.45, 7) is 5.93. The number of amides is 1. The van der Waals surface area contributed by atoms with Gasteiger partial charge in [-0.2, -0.15) is 0 Å². The Balaban J connectivity index is 1.47. The Morgan fingerprint density at radius 1 is 1.26 bits per heavy atom. The summed E-state index contributed by atoms with van der Waals surface area (Å²) in [6.07, 6.45) is 1.07. The lowest BCUT2D eigenvalue weighted by molar-refractivity contribution is 0.0773. The van der Waals surface area contributed by atoms with E-state index in [9.17, 15) is 4.79 Å². The van der Waals surface area contributed by atoms with Gasteiger partial charge in [0.2, 0.25) is 0 Å². The third-order valence-electron chi connectivity index (χ3n) is 4.98. The van der Waals surface area contributed by atoms with E-state index >= 15 is 0 Å². The quantitative estimate of drug-likeness (QED) is 0.851. The van der Waals surface area contributed by atoms with E-state index in [1.807, 2.05) is 30.1 Å². The zero-order valence-electron chi connectivity index (χ0n) is 13.4. The molecule has 4 rings (SSSR count). The van der Waals surface area contributed by atoms with E-state index in [4.69, 9.17) is 0 Å². The summed E-state index contributed by atoms with van der Waals surface area (Å²) in [4.78, 5) is 17.3. The molecular formula is C16H22N6O. The third-order valence-corrected chi connectivity index (χ3v) is 4.98. The van der Waals surface area contributed by atoms with Gasteiger partial charge < -0.3 is 10.2 Å². The summed E-state index contributed by atoms with van der Waals surface area (Å²) < 4.78 is 1.72. The molecule has 1 amide bonds. The number of carbonyl (C=O) groups is 1. The smallest absolute Gasteiger partial charge is 0.253 e. The van der Waals surface area contributed by atoms with Crippen molar-refractivity contribution < 1.29 is 4.79 Å². The summed E-state index contributed by atoms with van der Waals surface area (Å²) in [6, 6.07) is 6.16. The minimum atomic E-state index is 0.107. The van der Waals surface area contributed by atoms with Crippen molar-refractivity contribution >= 4 is 16.9 Å². The first-order valence-corrected chi connectivity index (χ1v) is 8.26. The molecule has 122 valence electrons. The van der Waals surface area contributed by atoms with E-state index in [2.05, 4.69) is 20.5 Å². The number of carbonyl (C=O) groups excluding carboxylic acids is 1. The number of hydrogen-bond acceptors (Lipinski definition) is 5. The van der Waals surface area contributed by atoms with Crippen molar-refractivity contribution in [2.24, 2.45) is 7.05 Å². The van der Waals surface area contributed by atoms with Crippen LogP contribution in [-0.2, 0) is 7.05 Å². The van der Waals surface area contributed by atoms with E-state index in [1.54, 1.807) is 4.68 Å². The lowest BCUT2D eigenvalue weighted by Crippen LogP contribution is -2.49. The van der Waals surface area contributed by atoms with E-state index in [1.165, 1.54) is 0 Å². The fraction of sp³-hybridized carbons (Fsp3) is 0.562. The number of aryl methyl sites for hydroxylation is 1. The molecule has 0 bridgehead atoms. The normalized spacial score (nSPS) is 22.8. The Labute approximate surface area is 135 Å². The number of aromatic nitrogens is 3. The molecule has 2 aliphatic rings. The number of fused-ring (bicyclic) bond motifs is 1. The van der Waals surface area contributed by atoms with Gasteiger partial charge in [0.25, 0.3) is 5.91 Å². The highest BCUT2D eigenvalue weighted by Crippen LogP contribution is 2.20. The van der Waals surface area contributed by atoms with Crippen LogP contribution >= 0.6 is 0 Å². The fourth-order valence-corrected chi connectivity index (χ4v) is 3.63. The van der Waals surface area contributed by atoms with Gasteiger partial charge in [0.1, 0.15) is 5.52 Å². The lowest BCUT2D eigenvalue weighted by Gasteiger charge is -2.32. The van der Waals surface area contributed by atoms with Crippen molar-refractivity contribution in [3.05, 3.63) is 23.8 Å². The van der Waals surface area contributed by atoms with Crippen LogP contribution in [0.25, 0.3) is 11.0 Å². The highest BCUT2D eigenvalue weighted by atomic mass is 16.2. The SMILES string of the molecule is Cn1nnc2cc(C(=O)N3CCC(N4CCNCC4)C3)ccc21. The summed E-state index contributed by atoms with van der Waals surface area (Å²) in [5.41, 5.74) is 2.43. The Hall–Kier alpha value is -1.99. The van der Waals surface area contributed by atoms with Crippen molar-refractivity contribution in [1.82, 2.24) is 30.1 Å². The van der Waals surface area contributed by atoms with Crippen LogP contribution in [0, 0.1) is 0 Å². The van der Waals surface area contributed by atoms with E-state index < -0.39 is 0 Å². The van der Waals surface area contributed by atoms with E-state index in [0.29, 0.717) is 11.6 Å². The highest BCUT2D eigenvalue weighted by Gasteiger charge is 2.31. The first-order chi connectivity index (χ1) is 11.2. The second-order valence-corrected chi connectivity index (χ2v) is 6.40. The van der Waals surface area contributed by atoms with Crippen LogP contribution in [0.3, 0.4) is 0 Å². The monoisotopic (exact) mass is 314 g/mol. The van der Waals surface area contributed by atoms with Crippen molar-refractivity contribution in [3.63, 3.8) is 0 Å². The van der Waals surface area contributed by atoms with Crippen molar-refractivity contribution in [3.8, 4) is 0 Å². The van der Waals surface area contributed by atoms with Gasteiger partial charge in [-0.15, -0.1) is 5.10 Å². The number of benzene rings is 1. The molecule has 0 saturated carbocycles. The maximum absolute atomic E-state index is 12.8. The van der Waals surface area contributed by atoms with E-state index in [0.717, 1.165) is 56.7 Å². The molecule has 23 heavy (non-hydrogen) atoms. The van der Waals surface area contributed by atoms with Crippen molar-refractivity contribution in [2.75, 3.05) is 39.3 Å². The first kappa shape index (κ1) is 14.6. The largest absolute Gasteiger partial charge is 0.337 e. The molecule has 7 nitrogen and oxygen atoms in total. The zero-order valence-corrected chi connectivity index (χ0v) is 13.4. The Kier molecular flexibility index (Phi) is 3.74. The molecule has 3 heterocycles. The van der Waals surface area contributed by atoms with Gasteiger partial charge in [-0.05, 0) is 24.6 Å². The number of piperazine rings is 1. The molecule has 0 radical (unpaired) electrons. The Bertz CT molecular complexity index is 720. The minimum Gasteiger partial charge on any atom is -0.337 e. The molecule has 1 aromatic carbocycles. The van der Waals surface area contributed by atoms with Crippen LogP contribution in [-0.4, -0.2) is 76.0 Å². The number of nitrogens with zero attached hydrogens (tertiary/aromatic N) is 5. The van der Waals surface area contributed by atoms with Gasteiger partial charge in [0.05, 0.1) is 5.52 Å². The van der Waals surface area contributed by atoms with Gasteiger partial charge in [0, 0.05) is 57.9 Å².